The molecule has 0 aromatic rings. The molecule has 0 saturated heterocycles. The molecule has 1 nitrogen and oxygen atoms in total. The molecule has 0 aromatic carbocycles. The van der Waals surface area contributed by atoms with E-state index in [9.17, 15) is 0 Å². The molecule has 0 radical (unpaired) electrons. The molecular weight excluding hydrogens is 234 g/mol. The van der Waals surface area contributed by atoms with Crippen molar-refractivity contribution >= 4 is 10.2 Å². The van der Waals surface area contributed by atoms with Crippen LogP contribution in [0, 0.1) is 0 Å². The van der Waals surface area contributed by atoms with E-state index in [-0.39, 0.29) is 11.1 Å². The van der Waals surface area contributed by atoms with Crippen molar-refractivity contribution in [3.05, 3.63) is 10.9 Å². The van der Waals surface area contributed by atoms with Crippen molar-refractivity contribution in [3.63, 3.8) is 0 Å². The lowest BCUT2D eigenvalue weighted by atomic mass is 9.93. The van der Waals surface area contributed by atoms with Crippen molar-refractivity contribution in [2.45, 2.75) is 92.2 Å². The number of allylic oxidation sites excluding steroid dienone is 2. The van der Waals surface area contributed by atoms with Gasteiger partial charge in [-0.05, 0) is 54.4 Å². The Bertz CT molecular complexity index is 264. The fourth-order valence-electron chi connectivity index (χ4n) is 3.09. The average Bonchev–Trinajstić information content (AvgIpc) is 2.13. The van der Waals surface area contributed by atoms with E-state index in [1.54, 1.807) is 10.9 Å². The third-order valence-corrected chi connectivity index (χ3v) is 4.29. The first-order chi connectivity index (χ1) is 8.05. The molecule has 2 heteroatoms. The second-order valence-electron chi connectivity index (χ2n) is 7.40. The fourth-order valence-corrected chi connectivity index (χ4v) is 4.06. The highest BCUT2D eigenvalue weighted by Crippen LogP contribution is 2.33. The van der Waals surface area contributed by atoms with Crippen LogP contribution in [0.3, 0.4) is 0 Å². The molecule has 0 aliphatic carbocycles. The lowest BCUT2D eigenvalue weighted by Crippen LogP contribution is -2.52. The predicted molar refractivity (Wildman–Crippen MR) is 88.1 cm³/mol. The van der Waals surface area contributed by atoms with Crippen molar-refractivity contribution < 1.29 is 0 Å². The minimum atomic E-state index is 0.201. The van der Waals surface area contributed by atoms with Crippen LogP contribution in [0.1, 0.15) is 81.1 Å². The zero-order valence-electron chi connectivity index (χ0n) is 14.3. The summed E-state index contributed by atoms with van der Waals surface area (Å²) in [5.41, 5.74) is 2.03. The van der Waals surface area contributed by atoms with Crippen LogP contribution in [0.25, 0.3) is 0 Å². The summed E-state index contributed by atoms with van der Waals surface area (Å²) in [6.07, 6.45) is 5.03. The van der Waals surface area contributed by atoms with Crippen LogP contribution in [-0.4, -0.2) is 26.2 Å². The van der Waals surface area contributed by atoms with E-state index in [2.05, 4.69) is 60.3 Å². The highest BCUT2D eigenvalue weighted by molar-refractivity contribution is 6.22. The lowest BCUT2D eigenvalue weighted by Gasteiger charge is -2.49. The molecule has 0 N–H and O–H groups in total. The van der Waals surface area contributed by atoms with E-state index in [1.165, 1.54) is 35.9 Å². The second-order valence-corrected chi connectivity index (χ2v) is 8.61. The lowest BCUT2D eigenvalue weighted by molar-refractivity contribution is 0.0734. The highest BCUT2D eigenvalue weighted by Gasteiger charge is 2.33. The van der Waals surface area contributed by atoms with Gasteiger partial charge in [0, 0.05) is 27.0 Å². The van der Waals surface area contributed by atoms with Crippen LogP contribution >= 0.6 is 0 Å². The zero-order valence-corrected chi connectivity index (χ0v) is 16.3. The highest BCUT2D eigenvalue weighted by atomic mass is 28.1. The van der Waals surface area contributed by atoms with Crippen LogP contribution < -0.4 is 0 Å². The van der Waals surface area contributed by atoms with Gasteiger partial charge in [-0.1, -0.05) is 31.9 Å². The van der Waals surface area contributed by atoms with E-state index in [0.29, 0.717) is 0 Å². The maximum atomic E-state index is 2.67. The van der Waals surface area contributed by atoms with Crippen LogP contribution in [0.2, 0.25) is 0 Å². The maximum absolute atomic E-state index is 2.67. The Morgan fingerprint density at radius 3 is 1.50 bits per heavy atom. The molecule has 0 rings (SSSR count). The van der Waals surface area contributed by atoms with E-state index in [1.807, 2.05) is 0 Å². The molecule has 0 spiro atoms. The first-order valence-corrected chi connectivity index (χ1v) is 8.54. The summed E-state index contributed by atoms with van der Waals surface area (Å²) in [5, 5.41) is 1.71. The van der Waals surface area contributed by atoms with E-state index in [4.69, 9.17) is 0 Å². The SMILES string of the molecule is CCCC([SiH3])=C(CCC)N(C(C)(C)C)C(C)(C)C. The van der Waals surface area contributed by atoms with Crippen LogP contribution in [0.5, 0.6) is 0 Å². The van der Waals surface area contributed by atoms with Crippen molar-refractivity contribution in [3.8, 4) is 0 Å². The standard InChI is InChI=1S/C16H35NSi/c1-9-11-13(14(18)12-10-2)17(15(3,4)5)16(6,7)8/h9-12H2,1-8,18H3. The molecule has 0 unspecified atom stereocenters. The van der Waals surface area contributed by atoms with E-state index < -0.39 is 0 Å². The Morgan fingerprint density at radius 1 is 0.833 bits per heavy atom. The topological polar surface area (TPSA) is 3.24 Å². The smallest absolute Gasteiger partial charge is 0.0355 e. The summed E-state index contributed by atoms with van der Waals surface area (Å²) < 4.78 is 0. The molecule has 0 atom stereocenters. The summed E-state index contributed by atoms with van der Waals surface area (Å²) in [7, 11) is 1.20. The third kappa shape index (κ3) is 5.17. The second kappa shape index (κ2) is 6.79. The average molecular weight is 270 g/mol. The van der Waals surface area contributed by atoms with Crippen molar-refractivity contribution in [2.75, 3.05) is 0 Å². The van der Waals surface area contributed by atoms with Gasteiger partial charge < -0.3 is 4.90 Å². The fraction of sp³-hybridized carbons (Fsp3) is 0.875. The quantitative estimate of drug-likeness (QED) is 0.680. The van der Waals surface area contributed by atoms with Gasteiger partial charge in [-0.25, -0.2) is 0 Å². The van der Waals surface area contributed by atoms with Gasteiger partial charge in [-0.2, -0.15) is 0 Å². The number of rotatable bonds is 5. The van der Waals surface area contributed by atoms with Gasteiger partial charge in [0.15, 0.2) is 0 Å². The molecule has 18 heavy (non-hydrogen) atoms. The van der Waals surface area contributed by atoms with Gasteiger partial charge in [-0.3, -0.25) is 0 Å². The number of nitrogens with zero attached hydrogens (tertiary/aromatic N) is 1. The molecule has 0 saturated carbocycles. The Kier molecular flexibility index (Phi) is 6.70. The Morgan fingerprint density at radius 2 is 1.22 bits per heavy atom. The molecular formula is C16H35NSi. The van der Waals surface area contributed by atoms with Crippen molar-refractivity contribution in [1.82, 2.24) is 4.90 Å². The van der Waals surface area contributed by atoms with Gasteiger partial charge in [0.1, 0.15) is 0 Å². The minimum Gasteiger partial charge on any atom is -0.366 e. The molecule has 0 aliphatic heterocycles. The Balaban J connectivity index is 5.59. The van der Waals surface area contributed by atoms with Crippen molar-refractivity contribution in [1.29, 1.82) is 0 Å². The van der Waals surface area contributed by atoms with Gasteiger partial charge in [0.25, 0.3) is 0 Å². The third-order valence-electron chi connectivity index (χ3n) is 3.22. The normalized spacial score (nSPS) is 14.7. The number of hydrogen-bond donors (Lipinski definition) is 0. The Hall–Kier alpha value is -0.243. The van der Waals surface area contributed by atoms with Crippen molar-refractivity contribution in [2.24, 2.45) is 0 Å². The predicted octanol–water partition coefficient (Wildman–Crippen LogP) is 4.06. The van der Waals surface area contributed by atoms with E-state index >= 15 is 0 Å². The molecule has 0 fully saturated rings. The van der Waals surface area contributed by atoms with Crippen LogP contribution in [0.4, 0.5) is 0 Å². The van der Waals surface area contributed by atoms with Crippen LogP contribution in [0.15, 0.2) is 10.9 Å². The Labute approximate surface area is 118 Å². The molecule has 0 aliphatic rings. The van der Waals surface area contributed by atoms with Crippen LogP contribution in [-0.2, 0) is 0 Å². The summed E-state index contributed by atoms with van der Waals surface area (Å²) in [6.45, 7) is 18.6. The first-order valence-electron chi connectivity index (χ1n) is 7.54. The van der Waals surface area contributed by atoms with Gasteiger partial charge >= 0.3 is 0 Å². The summed E-state index contributed by atoms with van der Waals surface area (Å²) in [6, 6.07) is 0. The summed E-state index contributed by atoms with van der Waals surface area (Å²) >= 11 is 0. The molecule has 0 heterocycles. The van der Waals surface area contributed by atoms with Gasteiger partial charge in [-0.15, -0.1) is 0 Å². The molecule has 0 aromatic heterocycles. The first kappa shape index (κ1) is 17.8. The molecule has 0 bridgehead atoms. The molecule has 0 amide bonds. The minimum absolute atomic E-state index is 0.201. The molecule has 108 valence electrons. The summed E-state index contributed by atoms with van der Waals surface area (Å²) in [5.74, 6) is 0. The number of hydrogen-bond acceptors (Lipinski definition) is 1. The largest absolute Gasteiger partial charge is 0.366 e. The maximum Gasteiger partial charge on any atom is 0.0355 e. The zero-order chi connectivity index (χ0) is 14.6. The van der Waals surface area contributed by atoms with E-state index in [0.717, 1.165) is 0 Å². The van der Waals surface area contributed by atoms with Gasteiger partial charge in [0.05, 0.1) is 0 Å². The summed E-state index contributed by atoms with van der Waals surface area (Å²) in [4.78, 5) is 2.67. The van der Waals surface area contributed by atoms with Gasteiger partial charge in [0.2, 0.25) is 0 Å². The monoisotopic (exact) mass is 269 g/mol.